The molecule has 0 fully saturated rings. The van der Waals surface area contributed by atoms with Crippen molar-refractivity contribution in [1.29, 1.82) is 0 Å². The van der Waals surface area contributed by atoms with E-state index in [0.717, 1.165) is 16.8 Å². The maximum Gasteiger partial charge on any atom is 0.314 e. The lowest BCUT2D eigenvalue weighted by Crippen LogP contribution is -2.11. The van der Waals surface area contributed by atoms with Gasteiger partial charge in [0.15, 0.2) is 0 Å². The third-order valence-corrected chi connectivity index (χ3v) is 2.96. The molecule has 2 aromatic rings. The second kappa shape index (κ2) is 5.04. The molecule has 2 rings (SSSR count). The Morgan fingerprint density at radius 2 is 2.28 bits per heavy atom. The molecule has 0 saturated heterocycles. The maximum atomic E-state index is 11.1. The van der Waals surface area contributed by atoms with Gasteiger partial charge < -0.3 is 10.1 Å². The molecular formula is C14H16N2O2. The summed E-state index contributed by atoms with van der Waals surface area (Å²) in [7, 11) is 0. The highest BCUT2D eigenvalue weighted by Crippen LogP contribution is 2.22. The van der Waals surface area contributed by atoms with Crippen LogP contribution in [0.5, 0.6) is 0 Å². The average molecular weight is 244 g/mol. The van der Waals surface area contributed by atoms with Gasteiger partial charge in [0.05, 0.1) is 11.9 Å². The molecule has 0 radical (unpaired) electrons. The number of carboxylic acid groups (broad SMARTS) is 1. The van der Waals surface area contributed by atoms with Gasteiger partial charge in [0, 0.05) is 0 Å². The van der Waals surface area contributed by atoms with E-state index in [-0.39, 0.29) is 0 Å². The molecule has 1 aromatic heterocycles. The standard InChI is InChI=1S/C14H16N2O2/c1-3-11(14(17)18)13-15-8-12(16-13)10-6-4-5-9(2)7-10/h4-8,11H,3H2,1-2H3,(H,15,16)(H,17,18). The minimum Gasteiger partial charge on any atom is -0.481 e. The van der Waals surface area contributed by atoms with Crippen LogP contribution in [0.15, 0.2) is 30.5 Å². The van der Waals surface area contributed by atoms with Crippen molar-refractivity contribution < 1.29 is 9.90 Å². The molecule has 18 heavy (non-hydrogen) atoms. The zero-order valence-corrected chi connectivity index (χ0v) is 10.5. The minimum absolute atomic E-state index is 0.515. The van der Waals surface area contributed by atoms with Crippen molar-refractivity contribution in [3.8, 4) is 11.3 Å². The van der Waals surface area contributed by atoms with Gasteiger partial charge in [-0.25, -0.2) is 4.98 Å². The molecule has 94 valence electrons. The van der Waals surface area contributed by atoms with Crippen molar-refractivity contribution >= 4 is 5.97 Å². The number of carboxylic acids is 1. The van der Waals surface area contributed by atoms with Gasteiger partial charge in [-0.05, 0) is 25.0 Å². The summed E-state index contributed by atoms with van der Waals surface area (Å²) in [5.74, 6) is -0.896. The molecule has 0 aliphatic rings. The van der Waals surface area contributed by atoms with Crippen LogP contribution in [0.4, 0.5) is 0 Å². The van der Waals surface area contributed by atoms with E-state index in [1.165, 1.54) is 0 Å². The first-order valence-corrected chi connectivity index (χ1v) is 5.96. The first-order valence-electron chi connectivity index (χ1n) is 5.96. The highest BCUT2D eigenvalue weighted by Gasteiger charge is 2.20. The summed E-state index contributed by atoms with van der Waals surface area (Å²) in [4.78, 5) is 18.3. The monoisotopic (exact) mass is 244 g/mol. The summed E-state index contributed by atoms with van der Waals surface area (Å²) >= 11 is 0. The molecule has 1 heterocycles. The van der Waals surface area contributed by atoms with Crippen LogP contribution < -0.4 is 0 Å². The average Bonchev–Trinajstić information content (AvgIpc) is 2.79. The van der Waals surface area contributed by atoms with E-state index in [2.05, 4.69) is 9.97 Å². The van der Waals surface area contributed by atoms with Crippen molar-refractivity contribution in [1.82, 2.24) is 9.97 Å². The predicted molar refractivity (Wildman–Crippen MR) is 69.4 cm³/mol. The fraction of sp³-hybridized carbons (Fsp3) is 0.286. The van der Waals surface area contributed by atoms with Gasteiger partial charge in [-0.15, -0.1) is 0 Å². The van der Waals surface area contributed by atoms with Crippen molar-refractivity contribution in [3.63, 3.8) is 0 Å². The number of benzene rings is 1. The number of rotatable bonds is 4. The van der Waals surface area contributed by atoms with E-state index in [1.807, 2.05) is 38.1 Å². The Hall–Kier alpha value is -2.10. The van der Waals surface area contributed by atoms with Gasteiger partial charge in [-0.3, -0.25) is 4.79 Å². The summed E-state index contributed by atoms with van der Waals surface area (Å²) in [5, 5.41) is 9.09. The number of hydrogen-bond donors (Lipinski definition) is 2. The van der Waals surface area contributed by atoms with E-state index in [0.29, 0.717) is 12.2 Å². The van der Waals surface area contributed by atoms with E-state index < -0.39 is 11.9 Å². The number of hydrogen-bond acceptors (Lipinski definition) is 2. The second-order valence-corrected chi connectivity index (χ2v) is 4.35. The molecule has 1 atom stereocenters. The Balaban J connectivity index is 2.33. The number of aromatic amines is 1. The Morgan fingerprint density at radius 3 is 2.89 bits per heavy atom. The number of imidazole rings is 1. The molecule has 1 unspecified atom stereocenters. The number of H-pyrrole nitrogens is 1. The van der Waals surface area contributed by atoms with E-state index in [4.69, 9.17) is 5.11 Å². The lowest BCUT2D eigenvalue weighted by atomic mass is 10.1. The molecular weight excluding hydrogens is 228 g/mol. The van der Waals surface area contributed by atoms with Crippen molar-refractivity contribution in [2.24, 2.45) is 0 Å². The lowest BCUT2D eigenvalue weighted by Gasteiger charge is -2.05. The van der Waals surface area contributed by atoms with Crippen LogP contribution in [0.1, 0.15) is 30.7 Å². The number of carbonyl (C=O) groups is 1. The number of aromatic nitrogens is 2. The Bertz CT molecular complexity index is 560. The van der Waals surface area contributed by atoms with Crippen molar-refractivity contribution in [3.05, 3.63) is 41.9 Å². The molecule has 0 amide bonds. The number of nitrogens with one attached hydrogen (secondary N) is 1. The maximum absolute atomic E-state index is 11.1. The fourth-order valence-electron chi connectivity index (χ4n) is 1.96. The smallest absolute Gasteiger partial charge is 0.314 e. The normalized spacial score (nSPS) is 12.3. The molecule has 1 aromatic carbocycles. The molecule has 0 spiro atoms. The van der Waals surface area contributed by atoms with Crippen LogP contribution in [0.2, 0.25) is 0 Å². The number of aryl methyl sites for hydroxylation is 1. The first-order chi connectivity index (χ1) is 8.61. The van der Waals surface area contributed by atoms with Crippen molar-refractivity contribution in [2.75, 3.05) is 0 Å². The van der Waals surface area contributed by atoms with Gasteiger partial charge in [0.2, 0.25) is 0 Å². The Morgan fingerprint density at radius 1 is 1.50 bits per heavy atom. The van der Waals surface area contributed by atoms with Gasteiger partial charge in [-0.2, -0.15) is 0 Å². The van der Waals surface area contributed by atoms with Crippen LogP contribution in [0.25, 0.3) is 11.3 Å². The van der Waals surface area contributed by atoms with Crippen molar-refractivity contribution in [2.45, 2.75) is 26.2 Å². The zero-order valence-electron chi connectivity index (χ0n) is 10.5. The summed E-state index contributed by atoms with van der Waals surface area (Å²) in [6.07, 6.45) is 2.21. The van der Waals surface area contributed by atoms with Gasteiger partial charge in [0.1, 0.15) is 11.7 Å². The Labute approximate surface area is 106 Å². The predicted octanol–water partition coefficient (Wildman–Crippen LogP) is 2.96. The number of nitrogens with zero attached hydrogens (tertiary/aromatic N) is 1. The van der Waals surface area contributed by atoms with Gasteiger partial charge in [-0.1, -0.05) is 30.7 Å². The molecule has 0 aliphatic heterocycles. The lowest BCUT2D eigenvalue weighted by molar-refractivity contribution is -0.139. The Kier molecular flexibility index (Phi) is 3.46. The fourth-order valence-corrected chi connectivity index (χ4v) is 1.96. The molecule has 4 heteroatoms. The summed E-state index contributed by atoms with van der Waals surface area (Å²) in [6, 6.07) is 8.01. The van der Waals surface area contributed by atoms with Crippen LogP contribution >= 0.6 is 0 Å². The molecule has 0 saturated carbocycles. The molecule has 4 nitrogen and oxygen atoms in total. The molecule has 0 bridgehead atoms. The topological polar surface area (TPSA) is 66.0 Å². The summed E-state index contributed by atoms with van der Waals surface area (Å²) < 4.78 is 0. The summed E-state index contributed by atoms with van der Waals surface area (Å²) in [5.41, 5.74) is 3.04. The quantitative estimate of drug-likeness (QED) is 0.868. The van der Waals surface area contributed by atoms with Crippen LogP contribution in [0, 0.1) is 6.92 Å². The van der Waals surface area contributed by atoms with E-state index in [9.17, 15) is 4.79 Å². The third kappa shape index (κ3) is 2.42. The largest absolute Gasteiger partial charge is 0.481 e. The molecule has 2 N–H and O–H groups in total. The van der Waals surface area contributed by atoms with Gasteiger partial charge >= 0.3 is 5.97 Å². The second-order valence-electron chi connectivity index (χ2n) is 4.35. The van der Waals surface area contributed by atoms with Crippen LogP contribution in [0.3, 0.4) is 0 Å². The van der Waals surface area contributed by atoms with E-state index >= 15 is 0 Å². The van der Waals surface area contributed by atoms with Crippen LogP contribution in [-0.2, 0) is 4.79 Å². The zero-order chi connectivity index (χ0) is 13.1. The third-order valence-electron chi connectivity index (χ3n) is 2.96. The SMILES string of the molecule is CCC(C(=O)O)c1ncc(-c2cccc(C)c2)[nH]1. The highest BCUT2D eigenvalue weighted by atomic mass is 16.4. The minimum atomic E-state index is -0.845. The van der Waals surface area contributed by atoms with E-state index in [1.54, 1.807) is 6.20 Å². The highest BCUT2D eigenvalue weighted by molar-refractivity contribution is 5.75. The number of aliphatic carboxylic acids is 1. The van der Waals surface area contributed by atoms with Crippen LogP contribution in [-0.4, -0.2) is 21.0 Å². The molecule has 0 aliphatic carbocycles. The van der Waals surface area contributed by atoms with Gasteiger partial charge in [0.25, 0.3) is 0 Å². The summed E-state index contributed by atoms with van der Waals surface area (Å²) in [6.45, 7) is 3.86. The first kappa shape index (κ1) is 12.4.